The van der Waals surface area contributed by atoms with Gasteiger partial charge in [-0.3, -0.25) is 19.1 Å². The summed E-state index contributed by atoms with van der Waals surface area (Å²) in [5.41, 5.74) is 0.890. The van der Waals surface area contributed by atoms with Crippen molar-refractivity contribution < 1.29 is 23.8 Å². The molecule has 0 spiro atoms. The molecule has 1 atom stereocenters. The first-order valence-corrected chi connectivity index (χ1v) is 17.9. The minimum Gasteiger partial charge on any atom is -0.497 e. The van der Waals surface area contributed by atoms with Gasteiger partial charge in [0.2, 0.25) is 5.91 Å². The van der Waals surface area contributed by atoms with Crippen molar-refractivity contribution in [1.82, 2.24) is 24.7 Å². The lowest BCUT2D eigenvalue weighted by molar-refractivity contribution is -0.133. The average molecular weight is 739 g/mol. The fourth-order valence-electron chi connectivity index (χ4n) is 6.03. The van der Waals surface area contributed by atoms with Crippen molar-refractivity contribution in [3.8, 4) is 11.4 Å². The van der Waals surface area contributed by atoms with E-state index in [2.05, 4.69) is 10.2 Å². The molecule has 13 heteroatoms. The van der Waals surface area contributed by atoms with Gasteiger partial charge in [0, 0.05) is 32.7 Å². The molecule has 1 N–H and O–H groups in total. The van der Waals surface area contributed by atoms with Crippen molar-refractivity contribution in [3.05, 3.63) is 98.5 Å². The highest BCUT2D eigenvalue weighted by molar-refractivity contribution is 6.42. The zero-order valence-electron chi connectivity index (χ0n) is 29.5. The number of para-hydroxylation sites is 1. The van der Waals surface area contributed by atoms with E-state index in [1.165, 1.54) is 0 Å². The van der Waals surface area contributed by atoms with E-state index in [0.717, 1.165) is 13.1 Å². The summed E-state index contributed by atoms with van der Waals surface area (Å²) in [4.78, 5) is 50.6. The third-order valence-corrected chi connectivity index (χ3v) is 9.29. The number of amides is 2. The van der Waals surface area contributed by atoms with Crippen LogP contribution in [0, 0.1) is 0 Å². The third-order valence-electron chi connectivity index (χ3n) is 8.55. The Balaban J connectivity index is 1.60. The zero-order valence-corrected chi connectivity index (χ0v) is 31.0. The fraction of sp³-hybridized carbons (Fsp3) is 0.421. The molecule has 3 aromatic carbocycles. The minimum absolute atomic E-state index is 0.0486. The Kier molecular flexibility index (Phi) is 13.0. The van der Waals surface area contributed by atoms with Crippen LogP contribution in [0.3, 0.4) is 0 Å². The van der Waals surface area contributed by atoms with Gasteiger partial charge in [-0.05, 0) is 87.7 Å². The predicted octanol–water partition coefficient (Wildman–Crippen LogP) is 6.45. The number of ether oxygens (including phenoxy) is 3. The molecule has 2 amide bonds. The summed E-state index contributed by atoms with van der Waals surface area (Å²) in [5.74, 6) is 0.872. The quantitative estimate of drug-likeness (QED) is 0.156. The van der Waals surface area contributed by atoms with Crippen molar-refractivity contribution in [2.75, 3.05) is 53.0 Å². The average Bonchev–Trinajstić information content (AvgIpc) is 3.10. The number of aromatic nitrogens is 2. The van der Waals surface area contributed by atoms with Crippen LogP contribution in [0.1, 0.15) is 51.0 Å². The van der Waals surface area contributed by atoms with Crippen LogP contribution in [-0.4, -0.2) is 90.0 Å². The van der Waals surface area contributed by atoms with Crippen LogP contribution in [0.4, 0.5) is 4.79 Å². The number of morpholine rings is 1. The summed E-state index contributed by atoms with van der Waals surface area (Å²) in [5, 5.41) is 4.04. The number of nitrogens with one attached hydrogen (secondary N) is 1. The summed E-state index contributed by atoms with van der Waals surface area (Å²) in [6, 6.07) is 18.9. The first-order valence-electron chi connectivity index (χ1n) is 17.1. The van der Waals surface area contributed by atoms with Gasteiger partial charge in [-0.2, -0.15) is 0 Å². The number of fused-ring (bicyclic) bond motifs is 1. The van der Waals surface area contributed by atoms with Crippen molar-refractivity contribution in [1.29, 1.82) is 0 Å². The summed E-state index contributed by atoms with van der Waals surface area (Å²) < 4.78 is 18.0. The molecular formula is C38H45Cl2N5O6. The van der Waals surface area contributed by atoms with Gasteiger partial charge >= 0.3 is 6.09 Å². The van der Waals surface area contributed by atoms with Gasteiger partial charge in [0.05, 0.1) is 59.4 Å². The molecule has 1 unspecified atom stereocenters. The van der Waals surface area contributed by atoms with Crippen LogP contribution in [-0.2, 0) is 20.7 Å². The summed E-state index contributed by atoms with van der Waals surface area (Å²) in [6.45, 7) is 9.34. The Hall–Kier alpha value is -4.16. The highest BCUT2D eigenvalue weighted by Crippen LogP contribution is 2.30. The molecule has 1 fully saturated rings. The lowest BCUT2D eigenvalue weighted by Crippen LogP contribution is -2.46. The smallest absolute Gasteiger partial charge is 0.407 e. The number of benzene rings is 3. The van der Waals surface area contributed by atoms with Crippen LogP contribution in [0.5, 0.6) is 5.75 Å². The number of carbonyl (C=O) groups is 2. The monoisotopic (exact) mass is 737 g/mol. The van der Waals surface area contributed by atoms with Gasteiger partial charge in [0.15, 0.2) is 0 Å². The number of halogens is 2. The first-order chi connectivity index (χ1) is 24.4. The number of nitrogens with zero attached hydrogens (tertiary/aromatic N) is 4. The van der Waals surface area contributed by atoms with E-state index in [0.29, 0.717) is 82.9 Å². The van der Waals surface area contributed by atoms with Crippen LogP contribution < -0.4 is 15.6 Å². The van der Waals surface area contributed by atoms with Crippen molar-refractivity contribution in [3.63, 3.8) is 0 Å². The molecule has 2 heterocycles. The van der Waals surface area contributed by atoms with E-state index >= 15 is 0 Å². The van der Waals surface area contributed by atoms with Crippen LogP contribution in [0.25, 0.3) is 16.6 Å². The highest BCUT2D eigenvalue weighted by atomic mass is 35.5. The molecule has 5 rings (SSSR count). The van der Waals surface area contributed by atoms with E-state index in [1.54, 1.807) is 93.1 Å². The molecule has 272 valence electrons. The molecule has 0 bridgehead atoms. The van der Waals surface area contributed by atoms with E-state index in [1.807, 2.05) is 11.0 Å². The SMILES string of the molecule is COc1ccc(-n2c(C(CCCNC(=O)OC(C)(C)C)N(CCN3CCOCC3)C(=O)Cc3ccc(Cl)c(Cl)c3)nc3ccccc3c2=O)cc1. The van der Waals surface area contributed by atoms with Crippen molar-refractivity contribution in [2.45, 2.75) is 51.7 Å². The molecule has 1 aliphatic heterocycles. The molecule has 0 radical (unpaired) electrons. The first kappa shape index (κ1) is 38.1. The Morgan fingerprint density at radius 2 is 1.75 bits per heavy atom. The predicted molar refractivity (Wildman–Crippen MR) is 199 cm³/mol. The second kappa shape index (κ2) is 17.4. The lowest BCUT2D eigenvalue weighted by Gasteiger charge is -2.36. The number of carbonyl (C=O) groups excluding carboxylic acids is 2. The molecule has 51 heavy (non-hydrogen) atoms. The second-order valence-electron chi connectivity index (χ2n) is 13.4. The van der Waals surface area contributed by atoms with E-state index in [4.69, 9.17) is 42.4 Å². The topological polar surface area (TPSA) is 115 Å². The van der Waals surface area contributed by atoms with Crippen LogP contribution >= 0.6 is 23.2 Å². The Bertz CT molecular complexity index is 1870. The van der Waals surface area contributed by atoms with E-state index in [-0.39, 0.29) is 24.4 Å². The normalized spacial score (nSPS) is 14.2. The molecular weight excluding hydrogens is 693 g/mol. The van der Waals surface area contributed by atoms with Crippen molar-refractivity contribution >= 4 is 46.1 Å². The van der Waals surface area contributed by atoms with E-state index < -0.39 is 17.7 Å². The molecule has 0 saturated carbocycles. The zero-order chi connectivity index (χ0) is 36.5. The van der Waals surface area contributed by atoms with Gasteiger partial charge in [-0.1, -0.05) is 41.4 Å². The largest absolute Gasteiger partial charge is 0.497 e. The number of alkyl carbamates (subject to hydrolysis) is 1. The summed E-state index contributed by atoms with van der Waals surface area (Å²) in [6.07, 6.45) is 0.362. The summed E-state index contributed by atoms with van der Waals surface area (Å²) >= 11 is 12.6. The Labute approximate surface area is 308 Å². The highest BCUT2D eigenvalue weighted by Gasteiger charge is 2.31. The maximum absolute atomic E-state index is 14.6. The summed E-state index contributed by atoms with van der Waals surface area (Å²) in [7, 11) is 1.58. The van der Waals surface area contributed by atoms with Crippen molar-refractivity contribution in [2.24, 2.45) is 0 Å². The number of hydrogen-bond donors (Lipinski definition) is 1. The number of methoxy groups -OCH3 is 1. The second-order valence-corrected chi connectivity index (χ2v) is 14.2. The Morgan fingerprint density at radius 3 is 2.43 bits per heavy atom. The molecule has 11 nitrogen and oxygen atoms in total. The van der Waals surface area contributed by atoms with Crippen LogP contribution in [0.2, 0.25) is 10.0 Å². The number of rotatable bonds is 13. The maximum atomic E-state index is 14.6. The standard InChI is InChI=1S/C38H45Cl2N5O6/c1-38(2,3)51-37(48)41-17-7-10-33(35-42-32-9-6-5-8-29(32)36(47)45(35)27-12-14-28(49-4)15-13-27)44(19-18-43-20-22-50-23-21-43)34(46)25-26-11-16-30(39)31(40)24-26/h5-6,8-9,11-16,24,33H,7,10,17-23,25H2,1-4H3,(H,41,48). The van der Waals surface area contributed by atoms with Gasteiger partial charge in [-0.15, -0.1) is 0 Å². The maximum Gasteiger partial charge on any atom is 0.407 e. The third kappa shape index (κ3) is 10.2. The minimum atomic E-state index is -0.666. The van der Waals surface area contributed by atoms with Gasteiger partial charge in [0.1, 0.15) is 17.2 Å². The molecule has 1 saturated heterocycles. The van der Waals surface area contributed by atoms with Crippen LogP contribution in [0.15, 0.2) is 71.5 Å². The van der Waals surface area contributed by atoms with E-state index in [9.17, 15) is 14.4 Å². The van der Waals surface area contributed by atoms with Gasteiger partial charge in [0.25, 0.3) is 5.56 Å². The Morgan fingerprint density at radius 1 is 1.02 bits per heavy atom. The fourth-order valence-corrected chi connectivity index (χ4v) is 6.35. The molecule has 1 aliphatic rings. The van der Waals surface area contributed by atoms with Gasteiger partial charge in [-0.25, -0.2) is 9.78 Å². The lowest BCUT2D eigenvalue weighted by atomic mass is 10.0. The van der Waals surface area contributed by atoms with Gasteiger partial charge < -0.3 is 24.4 Å². The molecule has 0 aliphatic carbocycles. The number of hydrogen-bond acceptors (Lipinski definition) is 8. The molecule has 1 aromatic heterocycles. The molecule has 4 aromatic rings.